The van der Waals surface area contributed by atoms with Crippen molar-refractivity contribution in [3.8, 4) is 5.75 Å². The Balaban J connectivity index is 2.47. The number of rotatable bonds is 2. The maximum absolute atomic E-state index is 14.0. The predicted octanol–water partition coefficient (Wildman–Crippen LogP) is 4.07. The molecule has 0 spiro atoms. The standard InChI is InChI=1S/C18H22FOP/c1-11-6-7-15(14(19)9-11)21-16-10-12(2)8-13(17(16)20)18(3,4)5/h6-10,20-21H,1-5H3. The smallest absolute Gasteiger partial charge is 0.131 e. The fourth-order valence-corrected chi connectivity index (χ4v) is 3.51. The molecule has 0 fully saturated rings. The molecule has 112 valence electrons. The zero-order valence-corrected chi connectivity index (χ0v) is 14.2. The van der Waals surface area contributed by atoms with Crippen molar-refractivity contribution in [1.29, 1.82) is 0 Å². The first-order chi connectivity index (χ1) is 9.68. The van der Waals surface area contributed by atoms with Gasteiger partial charge in [0.2, 0.25) is 0 Å². The number of phenolic OH excluding ortho intramolecular Hbond substituents is 1. The summed E-state index contributed by atoms with van der Waals surface area (Å²) in [4.78, 5) is 0. The molecule has 0 aliphatic heterocycles. The van der Waals surface area contributed by atoms with E-state index in [4.69, 9.17) is 0 Å². The van der Waals surface area contributed by atoms with E-state index in [0.717, 1.165) is 22.0 Å². The number of halogens is 1. The highest BCUT2D eigenvalue weighted by atomic mass is 31.1. The van der Waals surface area contributed by atoms with E-state index >= 15 is 0 Å². The van der Waals surface area contributed by atoms with Crippen LogP contribution in [0.5, 0.6) is 5.75 Å². The van der Waals surface area contributed by atoms with Crippen LogP contribution in [-0.4, -0.2) is 5.11 Å². The summed E-state index contributed by atoms with van der Waals surface area (Å²) in [6.07, 6.45) is 0. The molecule has 0 aliphatic carbocycles. The second-order valence-corrected chi connectivity index (χ2v) is 7.89. The Kier molecular flexibility index (Phi) is 4.39. The van der Waals surface area contributed by atoms with E-state index in [-0.39, 0.29) is 19.8 Å². The lowest BCUT2D eigenvalue weighted by Crippen LogP contribution is -2.16. The number of benzene rings is 2. The van der Waals surface area contributed by atoms with Gasteiger partial charge in [0.05, 0.1) is 0 Å². The van der Waals surface area contributed by atoms with Crippen molar-refractivity contribution in [1.82, 2.24) is 0 Å². The Morgan fingerprint density at radius 1 is 0.952 bits per heavy atom. The average molecular weight is 304 g/mol. The first-order valence-electron chi connectivity index (χ1n) is 7.06. The van der Waals surface area contributed by atoms with Gasteiger partial charge in [-0.2, -0.15) is 0 Å². The third-order valence-electron chi connectivity index (χ3n) is 3.46. The van der Waals surface area contributed by atoms with Gasteiger partial charge in [0.15, 0.2) is 0 Å². The highest BCUT2D eigenvalue weighted by Gasteiger charge is 2.21. The van der Waals surface area contributed by atoms with Crippen LogP contribution in [-0.2, 0) is 5.41 Å². The number of aryl methyl sites for hydroxylation is 2. The van der Waals surface area contributed by atoms with Gasteiger partial charge < -0.3 is 5.11 Å². The number of aromatic hydroxyl groups is 1. The van der Waals surface area contributed by atoms with Crippen molar-refractivity contribution < 1.29 is 9.50 Å². The van der Waals surface area contributed by atoms with Crippen LogP contribution in [0.2, 0.25) is 0 Å². The summed E-state index contributed by atoms with van der Waals surface area (Å²) in [5, 5.41) is 12.0. The zero-order valence-electron chi connectivity index (χ0n) is 13.2. The van der Waals surface area contributed by atoms with E-state index in [1.54, 1.807) is 6.07 Å². The van der Waals surface area contributed by atoms with E-state index in [2.05, 4.69) is 20.8 Å². The molecule has 2 aromatic rings. The van der Waals surface area contributed by atoms with Gasteiger partial charge in [-0.15, -0.1) is 0 Å². The van der Waals surface area contributed by atoms with Crippen LogP contribution in [0.4, 0.5) is 4.39 Å². The molecular formula is C18H22FOP. The van der Waals surface area contributed by atoms with Gasteiger partial charge in [-0.25, -0.2) is 4.39 Å². The lowest BCUT2D eigenvalue weighted by Gasteiger charge is -2.23. The number of hydrogen-bond donors (Lipinski definition) is 1. The molecule has 0 heterocycles. The molecule has 0 aliphatic rings. The largest absolute Gasteiger partial charge is 0.507 e. The topological polar surface area (TPSA) is 20.2 Å². The summed E-state index contributed by atoms with van der Waals surface area (Å²) in [5.41, 5.74) is 2.77. The molecule has 0 amide bonds. The Bertz CT molecular complexity index is 672. The molecule has 0 aromatic heterocycles. The molecule has 0 saturated heterocycles. The second-order valence-electron chi connectivity index (χ2n) is 6.57. The molecule has 2 rings (SSSR count). The molecular weight excluding hydrogens is 282 g/mol. The van der Waals surface area contributed by atoms with E-state index < -0.39 is 0 Å². The summed E-state index contributed by atoms with van der Waals surface area (Å²) >= 11 is 0. The van der Waals surface area contributed by atoms with E-state index in [0.29, 0.717) is 11.1 Å². The summed E-state index contributed by atoms with van der Waals surface area (Å²) in [5.74, 6) is 0.0953. The number of hydrogen-bond acceptors (Lipinski definition) is 1. The first-order valence-corrected chi connectivity index (χ1v) is 8.06. The molecule has 0 saturated carbocycles. The normalized spacial score (nSPS) is 12.3. The van der Waals surface area contributed by atoms with Gasteiger partial charge in [-0.1, -0.05) is 47.6 Å². The highest BCUT2D eigenvalue weighted by Crippen LogP contribution is 2.33. The SMILES string of the molecule is Cc1ccc(Pc2cc(C)cc(C(C)(C)C)c2O)c(F)c1. The summed E-state index contributed by atoms with van der Waals surface area (Å²) in [6, 6.07) is 9.21. The van der Waals surface area contributed by atoms with Crippen LogP contribution in [0.25, 0.3) is 0 Å². The summed E-state index contributed by atoms with van der Waals surface area (Å²) in [7, 11) is 0.118. The van der Waals surface area contributed by atoms with E-state index in [1.807, 2.05) is 38.1 Å². The molecule has 0 bridgehead atoms. The maximum Gasteiger partial charge on any atom is 0.131 e. The minimum Gasteiger partial charge on any atom is -0.507 e. The van der Waals surface area contributed by atoms with E-state index in [1.165, 1.54) is 0 Å². The minimum absolute atomic E-state index is 0.118. The van der Waals surface area contributed by atoms with Crippen LogP contribution in [0.1, 0.15) is 37.5 Å². The Morgan fingerprint density at radius 3 is 2.19 bits per heavy atom. The van der Waals surface area contributed by atoms with Crippen molar-refractivity contribution in [2.24, 2.45) is 0 Å². The van der Waals surface area contributed by atoms with Crippen LogP contribution in [0.3, 0.4) is 0 Å². The zero-order chi connectivity index (χ0) is 15.8. The Hall–Kier alpha value is -1.40. The molecule has 0 radical (unpaired) electrons. The van der Waals surface area contributed by atoms with Crippen molar-refractivity contribution in [3.63, 3.8) is 0 Å². The monoisotopic (exact) mass is 304 g/mol. The quantitative estimate of drug-likeness (QED) is 0.829. The highest BCUT2D eigenvalue weighted by molar-refractivity contribution is 7.55. The fourth-order valence-electron chi connectivity index (χ4n) is 2.31. The molecule has 1 N–H and O–H groups in total. The Labute approximate surface area is 128 Å². The van der Waals surface area contributed by atoms with Crippen molar-refractivity contribution in [3.05, 3.63) is 52.8 Å². The van der Waals surface area contributed by atoms with Crippen LogP contribution in [0.15, 0.2) is 30.3 Å². The van der Waals surface area contributed by atoms with Crippen molar-refractivity contribution >= 4 is 19.2 Å². The summed E-state index contributed by atoms with van der Waals surface area (Å²) < 4.78 is 14.0. The molecule has 21 heavy (non-hydrogen) atoms. The lowest BCUT2D eigenvalue weighted by molar-refractivity contribution is 0.450. The van der Waals surface area contributed by atoms with Gasteiger partial charge in [0.1, 0.15) is 11.6 Å². The van der Waals surface area contributed by atoms with Gasteiger partial charge in [0.25, 0.3) is 0 Å². The Morgan fingerprint density at radius 2 is 1.62 bits per heavy atom. The van der Waals surface area contributed by atoms with Gasteiger partial charge in [0, 0.05) is 16.2 Å². The minimum atomic E-state index is -0.202. The fraction of sp³-hybridized carbons (Fsp3) is 0.333. The number of phenols is 1. The average Bonchev–Trinajstić information content (AvgIpc) is 2.35. The predicted molar refractivity (Wildman–Crippen MR) is 90.3 cm³/mol. The van der Waals surface area contributed by atoms with Crippen molar-refractivity contribution in [2.45, 2.75) is 40.0 Å². The molecule has 3 heteroatoms. The van der Waals surface area contributed by atoms with Crippen molar-refractivity contribution in [2.75, 3.05) is 0 Å². The van der Waals surface area contributed by atoms with Gasteiger partial charge >= 0.3 is 0 Å². The van der Waals surface area contributed by atoms with Crippen LogP contribution in [0, 0.1) is 19.7 Å². The van der Waals surface area contributed by atoms with E-state index in [9.17, 15) is 9.50 Å². The lowest BCUT2D eigenvalue weighted by atomic mass is 9.85. The summed E-state index contributed by atoms with van der Waals surface area (Å²) in [6.45, 7) is 10.1. The second kappa shape index (κ2) is 5.77. The van der Waals surface area contributed by atoms with Gasteiger partial charge in [-0.3, -0.25) is 0 Å². The molecule has 1 atom stereocenters. The molecule has 1 nitrogen and oxygen atoms in total. The third kappa shape index (κ3) is 3.63. The first kappa shape index (κ1) is 16.0. The maximum atomic E-state index is 14.0. The van der Waals surface area contributed by atoms with Crippen LogP contribution < -0.4 is 10.6 Å². The van der Waals surface area contributed by atoms with Gasteiger partial charge in [-0.05, 0) is 42.5 Å². The molecule has 2 aromatic carbocycles. The molecule has 1 unspecified atom stereocenters. The third-order valence-corrected chi connectivity index (χ3v) is 4.78. The van der Waals surface area contributed by atoms with Crippen LogP contribution >= 0.6 is 8.58 Å².